The van der Waals surface area contributed by atoms with Gasteiger partial charge in [0.15, 0.2) is 5.78 Å². The number of nitrogens with zero attached hydrogens (tertiary/aromatic N) is 1. The lowest BCUT2D eigenvalue weighted by molar-refractivity contribution is 0.0992. The van der Waals surface area contributed by atoms with E-state index in [1.54, 1.807) is 12.1 Å². The van der Waals surface area contributed by atoms with E-state index in [4.69, 9.17) is 23.2 Å². The van der Waals surface area contributed by atoms with E-state index in [-0.39, 0.29) is 17.2 Å². The van der Waals surface area contributed by atoms with Crippen molar-refractivity contribution in [1.29, 1.82) is 0 Å². The summed E-state index contributed by atoms with van der Waals surface area (Å²) in [5.74, 6) is -0.572. The molecule has 0 saturated carbocycles. The average molecular weight is 284 g/mol. The first-order valence-corrected chi connectivity index (χ1v) is 5.90. The summed E-state index contributed by atoms with van der Waals surface area (Å²) in [5.41, 5.74) is 1.03. The third kappa shape index (κ3) is 3.06. The van der Waals surface area contributed by atoms with Crippen LogP contribution in [0.25, 0.3) is 0 Å². The fourth-order valence-electron chi connectivity index (χ4n) is 1.48. The Morgan fingerprint density at radius 1 is 1.22 bits per heavy atom. The highest BCUT2D eigenvalue weighted by atomic mass is 35.5. The van der Waals surface area contributed by atoms with Gasteiger partial charge in [-0.15, -0.1) is 0 Å². The van der Waals surface area contributed by atoms with E-state index in [0.717, 1.165) is 0 Å². The molecule has 0 amide bonds. The SMILES string of the molecule is O=C(Cc1ccc(F)cc1Cl)c1ccc(Cl)nc1. The van der Waals surface area contributed by atoms with Crippen LogP contribution in [0.1, 0.15) is 15.9 Å². The number of aromatic nitrogens is 1. The quantitative estimate of drug-likeness (QED) is 0.631. The number of benzene rings is 1. The molecule has 0 radical (unpaired) electrons. The number of ketones is 1. The van der Waals surface area contributed by atoms with Crippen molar-refractivity contribution < 1.29 is 9.18 Å². The van der Waals surface area contributed by atoms with Crippen molar-refractivity contribution in [3.05, 3.63) is 63.6 Å². The molecule has 0 spiro atoms. The highest BCUT2D eigenvalue weighted by Gasteiger charge is 2.10. The highest BCUT2D eigenvalue weighted by Crippen LogP contribution is 2.19. The monoisotopic (exact) mass is 283 g/mol. The predicted octanol–water partition coefficient (Wildman–Crippen LogP) is 3.95. The molecule has 0 bridgehead atoms. The minimum atomic E-state index is -0.427. The van der Waals surface area contributed by atoms with Gasteiger partial charge in [-0.25, -0.2) is 9.37 Å². The summed E-state index contributed by atoms with van der Waals surface area (Å²) in [6.45, 7) is 0. The topological polar surface area (TPSA) is 30.0 Å². The van der Waals surface area contributed by atoms with Gasteiger partial charge in [0.2, 0.25) is 0 Å². The number of pyridine rings is 1. The van der Waals surface area contributed by atoms with Gasteiger partial charge in [-0.05, 0) is 29.8 Å². The Labute approximate surface area is 113 Å². The van der Waals surface area contributed by atoms with Crippen LogP contribution in [0.2, 0.25) is 10.2 Å². The Hall–Kier alpha value is -1.45. The molecule has 0 atom stereocenters. The zero-order valence-electron chi connectivity index (χ0n) is 9.16. The molecule has 92 valence electrons. The normalized spacial score (nSPS) is 10.4. The lowest BCUT2D eigenvalue weighted by Gasteiger charge is -2.04. The summed E-state index contributed by atoms with van der Waals surface area (Å²) in [4.78, 5) is 15.8. The van der Waals surface area contributed by atoms with Crippen LogP contribution in [-0.4, -0.2) is 10.8 Å². The van der Waals surface area contributed by atoms with Crippen molar-refractivity contribution in [3.8, 4) is 0 Å². The van der Waals surface area contributed by atoms with Gasteiger partial charge in [-0.1, -0.05) is 29.3 Å². The fourth-order valence-corrected chi connectivity index (χ4v) is 1.83. The summed E-state index contributed by atoms with van der Waals surface area (Å²) in [6.07, 6.45) is 1.50. The summed E-state index contributed by atoms with van der Waals surface area (Å²) in [7, 11) is 0. The zero-order chi connectivity index (χ0) is 13.1. The second kappa shape index (κ2) is 5.46. The number of hydrogen-bond donors (Lipinski definition) is 0. The Morgan fingerprint density at radius 2 is 2.00 bits per heavy atom. The van der Waals surface area contributed by atoms with Gasteiger partial charge in [0.1, 0.15) is 11.0 Å². The number of carbonyl (C=O) groups excluding carboxylic acids is 1. The van der Waals surface area contributed by atoms with Crippen LogP contribution in [0, 0.1) is 5.82 Å². The summed E-state index contributed by atoms with van der Waals surface area (Å²) >= 11 is 11.5. The molecule has 1 aromatic carbocycles. The van der Waals surface area contributed by atoms with Gasteiger partial charge in [-0.3, -0.25) is 4.79 Å². The first-order chi connectivity index (χ1) is 8.56. The molecule has 18 heavy (non-hydrogen) atoms. The summed E-state index contributed by atoms with van der Waals surface area (Å²) in [6, 6.07) is 7.09. The van der Waals surface area contributed by atoms with Crippen molar-refractivity contribution >= 4 is 29.0 Å². The lowest BCUT2D eigenvalue weighted by Crippen LogP contribution is -2.04. The molecular weight excluding hydrogens is 276 g/mol. The maximum absolute atomic E-state index is 12.9. The molecule has 2 nitrogen and oxygen atoms in total. The molecular formula is C13H8Cl2FNO. The molecule has 0 fully saturated rings. The smallest absolute Gasteiger partial charge is 0.168 e. The van der Waals surface area contributed by atoms with Gasteiger partial charge < -0.3 is 0 Å². The molecule has 0 unspecified atom stereocenters. The number of rotatable bonds is 3. The number of hydrogen-bond acceptors (Lipinski definition) is 2. The molecule has 0 saturated heterocycles. The Kier molecular flexibility index (Phi) is 3.94. The predicted molar refractivity (Wildman–Crippen MR) is 68.7 cm³/mol. The maximum atomic E-state index is 12.9. The van der Waals surface area contributed by atoms with Crippen LogP contribution >= 0.6 is 23.2 Å². The van der Waals surface area contributed by atoms with Crippen LogP contribution in [0.4, 0.5) is 4.39 Å². The average Bonchev–Trinajstić information content (AvgIpc) is 2.33. The van der Waals surface area contributed by atoms with E-state index in [1.807, 2.05) is 0 Å². The Morgan fingerprint density at radius 3 is 2.61 bits per heavy atom. The molecule has 5 heteroatoms. The lowest BCUT2D eigenvalue weighted by atomic mass is 10.0. The van der Waals surface area contributed by atoms with E-state index in [9.17, 15) is 9.18 Å². The molecule has 1 heterocycles. The standard InChI is InChI=1S/C13H8Cl2FNO/c14-11-6-10(16)3-1-8(11)5-12(18)9-2-4-13(15)17-7-9/h1-4,6-7H,5H2. The highest BCUT2D eigenvalue weighted by molar-refractivity contribution is 6.31. The van der Waals surface area contributed by atoms with Gasteiger partial charge >= 0.3 is 0 Å². The van der Waals surface area contributed by atoms with E-state index in [2.05, 4.69) is 4.98 Å². The van der Waals surface area contributed by atoms with Crippen LogP contribution in [0.15, 0.2) is 36.5 Å². The van der Waals surface area contributed by atoms with Gasteiger partial charge in [0.25, 0.3) is 0 Å². The van der Waals surface area contributed by atoms with Gasteiger partial charge in [0, 0.05) is 23.2 Å². The molecule has 2 aromatic rings. The fraction of sp³-hybridized carbons (Fsp3) is 0.0769. The van der Waals surface area contributed by atoms with Crippen molar-refractivity contribution in [2.24, 2.45) is 0 Å². The number of carbonyl (C=O) groups is 1. The summed E-state index contributed by atoms with van der Waals surface area (Å²) in [5, 5.41) is 0.566. The van der Waals surface area contributed by atoms with Gasteiger partial charge in [0.05, 0.1) is 0 Å². The van der Waals surface area contributed by atoms with Crippen LogP contribution in [0.3, 0.4) is 0 Å². The van der Waals surface area contributed by atoms with E-state index in [1.165, 1.54) is 24.4 Å². The number of halogens is 3. The van der Waals surface area contributed by atoms with E-state index < -0.39 is 5.82 Å². The first kappa shape index (κ1) is 13.0. The third-order valence-electron chi connectivity index (χ3n) is 2.42. The van der Waals surface area contributed by atoms with Crippen molar-refractivity contribution in [2.45, 2.75) is 6.42 Å². The zero-order valence-corrected chi connectivity index (χ0v) is 10.7. The summed E-state index contributed by atoms with van der Waals surface area (Å²) < 4.78 is 12.9. The van der Waals surface area contributed by atoms with Crippen LogP contribution in [0.5, 0.6) is 0 Å². The molecule has 0 aliphatic carbocycles. The van der Waals surface area contributed by atoms with Crippen LogP contribution < -0.4 is 0 Å². The van der Waals surface area contributed by atoms with E-state index >= 15 is 0 Å². The van der Waals surface area contributed by atoms with Crippen LogP contribution in [-0.2, 0) is 6.42 Å². The molecule has 0 N–H and O–H groups in total. The van der Waals surface area contributed by atoms with Gasteiger partial charge in [-0.2, -0.15) is 0 Å². The molecule has 0 aliphatic heterocycles. The Balaban J connectivity index is 2.18. The minimum Gasteiger partial charge on any atom is -0.294 e. The third-order valence-corrected chi connectivity index (χ3v) is 2.99. The molecule has 0 aliphatic rings. The maximum Gasteiger partial charge on any atom is 0.168 e. The number of Topliss-reactive ketones (excluding diaryl/α,β-unsaturated/α-hetero) is 1. The molecule has 1 aromatic heterocycles. The van der Waals surface area contributed by atoms with Crippen molar-refractivity contribution in [2.75, 3.05) is 0 Å². The molecule has 2 rings (SSSR count). The van der Waals surface area contributed by atoms with E-state index in [0.29, 0.717) is 16.3 Å². The first-order valence-electron chi connectivity index (χ1n) is 5.15. The second-order valence-corrected chi connectivity index (χ2v) is 4.50. The second-order valence-electron chi connectivity index (χ2n) is 3.71. The minimum absolute atomic E-state index is 0.0996. The largest absolute Gasteiger partial charge is 0.294 e. The Bertz CT molecular complexity index is 584. The van der Waals surface area contributed by atoms with Crippen molar-refractivity contribution in [3.63, 3.8) is 0 Å². The van der Waals surface area contributed by atoms with Crippen molar-refractivity contribution in [1.82, 2.24) is 4.98 Å².